The van der Waals surface area contributed by atoms with Crippen LogP contribution in [-0.4, -0.2) is 15.1 Å². The molecule has 80 valence electrons. The summed E-state index contributed by atoms with van der Waals surface area (Å²) in [4.78, 5) is 4.31. The van der Waals surface area contributed by atoms with Gasteiger partial charge in [-0.1, -0.05) is 13.3 Å². The lowest BCUT2D eigenvalue weighted by Crippen LogP contribution is -2.28. The minimum Gasteiger partial charge on any atom is -0.351 e. The zero-order chi connectivity index (χ0) is 10.6. The van der Waals surface area contributed by atoms with E-state index in [1.165, 1.54) is 12.8 Å². The van der Waals surface area contributed by atoms with Crippen molar-refractivity contribution < 1.29 is 0 Å². The predicted molar refractivity (Wildman–Crippen MR) is 60.5 cm³/mol. The van der Waals surface area contributed by atoms with E-state index >= 15 is 0 Å². The highest BCUT2D eigenvalue weighted by atomic mass is 15.2. The van der Waals surface area contributed by atoms with Crippen LogP contribution in [0.1, 0.15) is 40.5 Å². The van der Waals surface area contributed by atoms with Crippen molar-refractivity contribution in [2.75, 3.05) is 5.32 Å². The molecule has 1 rings (SSSR count). The summed E-state index contributed by atoms with van der Waals surface area (Å²) >= 11 is 0. The number of unbranched alkanes of at least 4 members (excludes halogenated alkanes) is 1. The zero-order valence-corrected chi connectivity index (χ0v) is 9.67. The van der Waals surface area contributed by atoms with Gasteiger partial charge in [0.15, 0.2) is 0 Å². The number of anilines is 1. The Morgan fingerprint density at radius 3 is 2.71 bits per heavy atom. The summed E-state index contributed by atoms with van der Waals surface area (Å²) in [6, 6.07) is 0. The van der Waals surface area contributed by atoms with Crippen LogP contribution >= 0.6 is 0 Å². The molecule has 14 heavy (non-hydrogen) atoms. The normalized spacial score (nSPS) is 11.7. The number of aryl methyl sites for hydroxylation is 1. The second-order valence-corrected chi connectivity index (χ2v) is 4.67. The third kappa shape index (κ3) is 3.40. The highest BCUT2D eigenvalue weighted by molar-refractivity contribution is 5.29. The van der Waals surface area contributed by atoms with Crippen molar-refractivity contribution in [3.05, 3.63) is 12.4 Å². The Kier molecular flexibility index (Phi) is 3.55. The summed E-state index contributed by atoms with van der Waals surface area (Å²) in [7, 11) is 0. The second kappa shape index (κ2) is 4.49. The van der Waals surface area contributed by atoms with E-state index in [2.05, 4.69) is 42.6 Å². The molecule has 3 nitrogen and oxygen atoms in total. The largest absolute Gasteiger partial charge is 0.351 e. The van der Waals surface area contributed by atoms with Gasteiger partial charge in [-0.2, -0.15) is 0 Å². The summed E-state index contributed by atoms with van der Waals surface area (Å²) in [5.74, 6) is 0.978. The first kappa shape index (κ1) is 11.1. The number of rotatable bonds is 4. The van der Waals surface area contributed by atoms with Crippen molar-refractivity contribution in [2.24, 2.45) is 0 Å². The van der Waals surface area contributed by atoms with Crippen molar-refractivity contribution >= 4 is 5.95 Å². The molecule has 0 unspecified atom stereocenters. The molecule has 1 aromatic heterocycles. The molecule has 0 fully saturated rings. The van der Waals surface area contributed by atoms with E-state index < -0.39 is 0 Å². The van der Waals surface area contributed by atoms with E-state index in [1.807, 2.05) is 12.4 Å². The van der Waals surface area contributed by atoms with Gasteiger partial charge in [0.1, 0.15) is 0 Å². The van der Waals surface area contributed by atoms with Crippen molar-refractivity contribution in [1.82, 2.24) is 9.55 Å². The van der Waals surface area contributed by atoms with Crippen molar-refractivity contribution in [1.29, 1.82) is 0 Å². The minimum atomic E-state index is 0.0787. The van der Waals surface area contributed by atoms with E-state index in [1.54, 1.807) is 0 Å². The minimum absolute atomic E-state index is 0.0787. The van der Waals surface area contributed by atoms with Crippen molar-refractivity contribution in [3.8, 4) is 0 Å². The van der Waals surface area contributed by atoms with Crippen LogP contribution in [0.2, 0.25) is 0 Å². The average molecular weight is 195 g/mol. The summed E-state index contributed by atoms with van der Waals surface area (Å²) in [5.41, 5.74) is 0.0787. The van der Waals surface area contributed by atoms with Gasteiger partial charge in [-0.25, -0.2) is 4.98 Å². The van der Waals surface area contributed by atoms with Crippen molar-refractivity contribution in [2.45, 2.75) is 52.6 Å². The van der Waals surface area contributed by atoms with E-state index in [9.17, 15) is 0 Å². The Labute approximate surface area is 86.5 Å². The van der Waals surface area contributed by atoms with Gasteiger partial charge in [-0.05, 0) is 27.2 Å². The maximum absolute atomic E-state index is 4.31. The molecule has 0 aliphatic heterocycles. The first-order valence-corrected chi connectivity index (χ1v) is 5.32. The molecular formula is C11H21N3. The van der Waals surface area contributed by atoms with Crippen LogP contribution in [0, 0.1) is 0 Å². The van der Waals surface area contributed by atoms with E-state index in [4.69, 9.17) is 0 Å². The van der Waals surface area contributed by atoms with Crippen LogP contribution in [0.15, 0.2) is 12.4 Å². The maximum Gasteiger partial charge on any atom is 0.203 e. The van der Waals surface area contributed by atoms with Crippen LogP contribution in [-0.2, 0) is 6.54 Å². The lowest BCUT2D eigenvalue weighted by molar-refractivity contribution is 0.591. The third-order valence-electron chi connectivity index (χ3n) is 1.95. The topological polar surface area (TPSA) is 29.9 Å². The van der Waals surface area contributed by atoms with Crippen LogP contribution < -0.4 is 5.32 Å². The average Bonchev–Trinajstić information content (AvgIpc) is 2.45. The Balaban J connectivity index is 2.63. The molecule has 0 atom stereocenters. The quantitative estimate of drug-likeness (QED) is 0.800. The second-order valence-electron chi connectivity index (χ2n) is 4.67. The molecule has 0 saturated heterocycles. The standard InChI is InChI=1S/C11H21N3/c1-5-6-8-14-9-7-12-10(14)13-11(2,3)4/h7,9H,5-6,8H2,1-4H3,(H,12,13). The molecule has 1 N–H and O–H groups in total. The first-order valence-electron chi connectivity index (χ1n) is 5.32. The molecule has 1 aromatic rings. The van der Waals surface area contributed by atoms with Gasteiger partial charge in [-0.15, -0.1) is 0 Å². The third-order valence-corrected chi connectivity index (χ3v) is 1.95. The smallest absolute Gasteiger partial charge is 0.203 e. The highest BCUT2D eigenvalue weighted by Crippen LogP contribution is 2.13. The van der Waals surface area contributed by atoms with Crippen LogP contribution in [0.5, 0.6) is 0 Å². The SMILES string of the molecule is CCCCn1ccnc1NC(C)(C)C. The van der Waals surface area contributed by atoms with Crippen LogP contribution in [0.4, 0.5) is 5.95 Å². The molecule has 0 aliphatic carbocycles. The summed E-state index contributed by atoms with van der Waals surface area (Å²) in [6.45, 7) is 9.69. The van der Waals surface area contributed by atoms with Gasteiger partial charge in [0.2, 0.25) is 5.95 Å². The predicted octanol–water partition coefficient (Wildman–Crippen LogP) is 2.89. The Hall–Kier alpha value is -0.990. The molecule has 0 bridgehead atoms. The number of imidazole rings is 1. The van der Waals surface area contributed by atoms with Gasteiger partial charge in [-0.3, -0.25) is 0 Å². The number of hydrogen-bond donors (Lipinski definition) is 1. The van der Waals surface area contributed by atoms with Gasteiger partial charge >= 0.3 is 0 Å². The van der Waals surface area contributed by atoms with Gasteiger partial charge in [0.05, 0.1) is 0 Å². The van der Waals surface area contributed by atoms with Gasteiger partial charge in [0.25, 0.3) is 0 Å². The van der Waals surface area contributed by atoms with Gasteiger partial charge in [0, 0.05) is 24.5 Å². The van der Waals surface area contributed by atoms with Crippen molar-refractivity contribution in [3.63, 3.8) is 0 Å². The first-order chi connectivity index (χ1) is 6.53. The molecule has 0 aliphatic rings. The fourth-order valence-electron chi connectivity index (χ4n) is 1.28. The summed E-state index contributed by atoms with van der Waals surface area (Å²) in [5, 5.41) is 3.39. The summed E-state index contributed by atoms with van der Waals surface area (Å²) in [6.07, 6.45) is 6.30. The number of hydrogen-bond acceptors (Lipinski definition) is 2. The monoisotopic (exact) mass is 195 g/mol. The van der Waals surface area contributed by atoms with Crippen LogP contribution in [0.25, 0.3) is 0 Å². The Bertz CT molecular complexity index is 270. The molecule has 0 spiro atoms. The molecule has 0 aromatic carbocycles. The highest BCUT2D eigenvalue weighted by Gasteiger charge is 2.12. The van der Waals surface area contributed by atoms with E-state index in [0.29, 0.717) is 0 Å². The number of nitrogens with one attached hydrogen (secondary N) is 1. The molecular weight excluding hydrogens is 174 g/mol. The van der Waals surface area contributed by atoms with E-state index in [0.717, 1.165) is 12.5 Å². The number of aromatic nitrogens is 2. The number of nitrogens with zero attached hydrogens (tertiary/aromatic N) is 2. The summed E-state index contributed by atoms with van der Waals surface area (Å²) < 4.78 is 2.18. The van der Waals surface area contributed by atoms with Crippen LogP contribution in [0.3, 0.4) is 0 Å². The molecule has 0 radical (unpaired) electrons. The fraction of sp³-hybridized carbons (Fsp3) is 0.727. The Morgan fingerprint density at radius 2 is 2.14 bits per heavy atom. The Morgan fingerprint density at radius 1 is 1.43 bits per heavy atom. The lowest BCUT2D eigenvalue weighted by Gasteiger charge is -2.21. The molecule has 0 saturated carbocycles. The maximum atomic E-state index is 4.31. The fourth-order valence-corrected chi connectivity index (χ4v) is 1.28. The zero-order valence-electron chi connectivity index (χ0n) is 9.67. The van der Waals surface area contributed by atoms with E-state index in [-0.39, 0.29) is 5.54 Å². The van der Waals surface area contributed by atoms with Gasteiger partial charge < -0.3 is 9.88 Å². The molecule has 3 heteroatoms. The molecule has 1 heterocycles. The lowest BCUT2D eigenvalue weighted by atomic mass is 10.1. The molecule has 0 amide bonds.